The van der Waals surface area contributed by atoms with E-state index in [4.69, 9.17) is 4.74 Å². The van der Waals surface area contributed by atoms with Gasteiger partial charge in [0.1, 0.15) is 0 Å². The second kappa shape index (κ2) is 6.17. The van der Waals surface area contributed by atoms with Crippen LogP contribution in [0.3, 0.4) is 0 Å². The Balaban J connectivity index is 1.55. The summed E-state index contributed by atoms with van der Waals surface area (Å²) in [7, 11) is 0. The van der Waals surface area contributed by atoms with Gasteiger partial charge >= 0.3 is 5.97 Å². The van der Waals surface area contributed by atoms with Gasteiger partial charge in [-0.1, -0.05) is 19.3 Å². The first-order chi connectivity index (χ1) is 11.6. The Bertz CT molecular complexity index is 588. The van der Waals surface area contributed by atoms with E-state index < -0.39 is 11.5 Å². The minimum atomic E-state index is -0.847. The van der Waals surface area contributed by atoms with Crippen LogP contribution >= 0.6 is 0 Å². The number of aromatic nitrogens is 2. The molecule has 1 aromatic heterocycles. The van der Waals surface area contributed by atoms with E-state index in [0.29, 0.717) is 24.2 Å². The molecular formula is C19H28N2O3. The molecule has 1 saturated heterocycles. The predicted molar refractivity (Wildman–Crippen MR) is 90.0 cm³/mol. The normalized spacial score (nSPS) is 28.9. The van der Waals surface area contributed by atoms with Gasteiger partial charge in [-0.25, -0.2) is 4.79 Å². The van der Waals surface area contributed by atoms with Gasteiger partial charge in [-0.3, -0.25) is 4.68 Å². The lowest BCUT2D eigenvalue weighted by atomic mass is 9.61. The summed E-state index contributed by atoms with van der Waals surface area (Å²) in [5, 5.41) is 14.5. The molecule has 1 aromatic rings. The van der Waals surface area contributed by atoms with Crippen LogP contribution in [0.25, 0.3) is 0 Å². The molecule has 4 rings (SSSR count). The second-order valence-corrected chi connectivity index (χ2v) is 8.18. The fourth-order valence-electron chi connectivity index (χ4n) is 5.12. The summed E-state index contributed by atoms with van der Waals surface area (Å²) in [5.41, 5.74) is 0.693. The lowest BCUT2D eigenvalue weighted by molar-refractivity contribution is -0.152. The number of carboxylic acid groups (broad SMARTS) is 1. The maximum atomic E-state index is 12.2. The van der Waals surface area contributed by atoms with Crippen molar-refractivity contribution in [3.63, 3.8) is 0 Å². The van der Waals surface area contributed by atoms with Crippen molar-refractivity contribution in [2.24, 2.45) is 5.41 Å². The van der Waals surface area contributed by atoms with Crippen LogP contribution in [0.2, 0.25) is 0 Å². The van der Waals surface area contributed by atoms with Gasteiger partial charge in [0, 0.05) is 18.7 Å². The molecule has 3 fully saturated rings. The zero-order valence-corrected chi connectivity index (χ0v) is 14.4. The Morgan fingerprint density at radius 2 is 1.92 bits per heavy atom. The van der Waals surface area contributed by atoms with E-state index in [1.807, 2.05) is 12.4 Å². The van der Waals surface area contributed by atoms with Crippen LogP contribution in [0.4, 0.5) is 0 Å². The molecule has 2 saturated carbocycles. The summed E-state index contributed by atoms with van der Waals surface area (Å²) in [6, 6.07) is 0. The number of aliphatic carboxylic acids is 1. The summed E-state index contributed by atoms with van der Waals surface area (Å²) >= 11 is 0. The summed E-state index contributed by atoms with van der Waals surface area (Å²) in [6.07, 6.45) is 14.9. The van der Waals surface area contributed by atoms with E-state index in [1.165, 1.54) is 32.1 Å². The lowest BCUT2D eigenvalue weighted by Crippen LogP contribution is -2.48. The molecule has 1 aliphatic heterocycles. The second-order valence-electron chi connectivity index (χ2n) is 8.18. The topological polar surface area (TPSA) is 64.3 Å². The maximum absolute atomic E-state index is 12.2. The van der Waals surface area contributed by atoms with Crippen molar-refractivity contribution in [1.29, 1.82) is 0 Å². The molecule has 5 nitrogen and oxygen atoms in total. The smallest absolute Gasteiger partial charge is 0.331 e. The van der Waals surface area contributed by atoms with Crippen LogP contribution in [0, 0.1) is 5.41 Å². The molecule has 0 aromatic carbocycles. The Morgan fingerprint density at radius 1 is 1.17 bits per heavy atom. The third kappa shape index (κ3) is 2.67. The zero-order valence-electron chi connectivity index (χ0n) is 14.4. The number of carboxylic acids is 1. The fourth-order valence-corrected chi connectivity index (χ4v) is 5.12. The number of carbonyl (C=O) groups is 1. The molecule has 2 heterocycles. The van der Waals surface area contributed by atoms with E-state index in [2.05, 4.69) is 5.10 Å². The first-order valence-electron chi connectivity index (χ1n) is 9.50. The highest BCUT2D eigenvalue weighted by Gasteiger charge is 2.49. The van der Waals surface area contributed by atoms with Gasteiger partial charge < -0.3 is 9.84 Å². The van der Waals surface area contributed by atoms with Gasteiger partial charge in [-0.05, 0) is 55.9 Å². The Kier molecular flexibility index (Phi) is 4.15. The third-order valence-electron chi connectivity index (χ3n) is 6.89. The zero-order chi connectivity index (χ0) is 16.6. The summed E-state index contributed by atoms with van der Waals surface area (Å²) in [4.78, 5) is 12.2. The van der Waals surface area contributed by atoms with E-state index in [9.17, 15) is 9.90 Å². The van der Waals surface area contributed by atoms with Crippen molar-refractivity contribution in [2.75, 3.05) is 13.2 Å². The van der Waals surface area contributed by atoms with Crippen molar-refractivity contribution in [3.8, 4) is 0 Å². The molecule has 132 valence electrons. The van der Waals surface area contributed by atoms with E-state index >= 15 is 0 Å². The molecular weight excluding hydrogens is 304 g/mol. The average molecular weight is 332 g/mol. The Morgan fingerprint density at radius 3 is 2.54 bits per heavy atom. The van der Waals surface area contributed by atoms with Crippen molar-refractivity contribution in [2.45, 2.75) is 75.7 Å². The van der Waals surface area contributed by atoms with Crippen LogP contribution < -0.4 is 0 Å². The summed E-state index contributed by atoms with van der Waals surface area (Å²) < 4.78 is 7.22. The Hall–Kier alpha value is -1.36. The minimum Gasteiger partial charge on any atom is -0.479 e. The largest absolute Gasteiger partial charge is 0.479 e. The van der Waals surface area contributed by atoms with Crippen molar-refractivity contribution in [3.05, 3.63) is 18.0 Å². The molecule has 0 bridgehead atoms. The number of hydrogen-bond donors (Lipinski definition) is 1. The summed E-state index contributed by atoms with van der Waals surface area (Å²) in [5.74, 6) is -0.344. The van der Waals surface area contributed by atoms with Gasteiger partial charge in [0.25, 0.3) is 0 Å². The van der Waals surface area contributed by atoms with Gasteiger partial charge in [-0.15, -0.1) is 0 Å². The Labute approximate surface area is 143 Å². The minimum absolute atomic E-state index is 0.373. The molecule has 0 radical (unpaired) electrons. The molecule has 1 atom stereocenters. The summed E-state index contributed by atoms with van der Waals surface area (Å²) in [6.45, 7) is 1.53. The molecule has 5 heteroatoms. The molecule has 1 spiro atoms. The number of hydrogen-bond acceptors (Lipinski definition) is 3. The van der Waals surface area contributed by atoms with E-state index in [0.717, 1.165) is 38.0 Å². The van der Waals surface area contributed by atoms with Crippen molar-refractivity contribution in [1.82, 2.24) is 9.78 Å². The van der Waals surface area contributed by atoms with E-state index in [1.54, 1.807) is 4.68 Å². The molecule has 3 aliphatic rings. The number of ether oxygens (including phenoxy) is 1. The molecule has 0 amide bonds. The molecule has 1 N–H and O–H groups in total. The van der Waals surface area contributed by atoms with Crippen molar-refractivity contribution >= 4 is 5.97 Å². The van der Waals surface area contributed by atoms with E-state index in [-0.39, 0.29) is 0 Å². The highest BCUT2D eigenvalue weighted by molar-refractivity contribution is 5.76. The van der Waals surface area contributed by atoms with Gasteiger partial charge in [0.15, 0.2) is 5.54 Å². The standard InChI is InChI=1S/C19H28N2O3/c22-17(23)19(9-7-18(8-10-19)5-2-1-3-6-18)21-13-16(12-20-21)15-4-11-24-14-15/h12-13,15H,1-11,14H2,(H,22,23). The van der Waals surface area contributed by atoms with Crippen LogP contribution in [0.5, 0.6) is 0 Å². The third-order valence-corrected chi connectivity index (χ3v) is 6.89. The first kappa shape index (κ1) is 16.1. The quantitative estimate of drug-likeness (QED) is 0.917. The van der Waals surface area contributed by atoms with Crippen LogP contribution in [0.1, 0.15) is 75.7 Å². The molecule has 2 aliphatic carbocycles. The van der Waals surface area contributed by atoms with Crippen LogP contribution in [0.15, 0.2) is 12.4 Å². The van der Waals surface area contributed by atoms with Crippen LogP contribution in [-0.2, 0) is 15.1 Å². The number of rotatable bonds is 3. The highest BCUT2D eigenvalue weighted by atomic mass is 16.5. The molecule has 24 heavy (non-hydrogen) atoms. The highest BCUT2D eigenvalue weighted by Crippen LogP contribution is 2.52. The average Bonchev–Trinajstić information content (AvgIpc) is 3.28. The number of nitrogens with zero attached hydrogens (tertiary/aromatic N) is 2. The van der Waals surface area contributed by atoms with Gasteiger partial charge in [-0.2, -0.15) is 5.10 Å². The monoisotopic (exact) mass is 332 g/mol. The SMILES string of the molecule is O=C(O)C1(n2cc(C3CCOC3)cn2)CCC2(CCCCC2)CC1. The van der Waals surface area contributed by atoms with Crippen molar-refractivity contribution < 1.29 is 14.6 Å². The van der Waals surface area contributed by atoms with Gasteiger partial charge in [0.2, 0.25) is 0 Å². The lowest BCUT2D eigenvalue weighted by Gasteiger charge is -2.46. The first-order valence-corrected chi connectivity index (χ1v) is 9.50. The molecule has 1 unspecified atom stereocenters. The maximum Gasteiger partial charge on any atom is 0.331 e. The fraction of sp³-hybridized carbons (Fsp3) is 0.789. The predicted octanol–water partition coefficient (Wildman–Crippen LogP) is 3.69. The van der Waals surface area contributed by atoms with Crippen LogP contribution in [-0.4, -0.2) is 34.1 Å². The van der Waals surface area contributed by atoms with Gasteiger partial charge in [0.05, 0.1) is 12.8 Å².